The Labute approximate surface area is 78.7 Å². The summed E-state index contributed by atoms with van der Waals surface area (Å²) < 4.78 is 22.5. The number of hydrogen-bond acceptors (Lipinski definition) is 3. The highest BCUT2D eigenvalue weighted by molar-refractivity contribution is 7.91. The van der Waals surface area contributed by atoms with Crippen LogP contribution in [-0.2, 0) is 14.6 Å². The average molecular weight is 205 g/mol. The third-order valence-corrected chi connectivity index (χ3v) is 3.49. The van der Waals surface area contributed by atoms with Crippen LogP contribution in [0.3, 0.4) is 0 Å². The molecular weight excluding hydrogens is 190 g/mol. The number of amides is 1. The van der Waals surface area contributed by atoms with E-state index in [1.807, 2.05) is 0 Å². The van der Waals surface area contributed by atoms with E-state index in [0.717, 1.165) is 0 Å². The molecule has 1 amide bonds. The summed E-state index contributed by atoms with van der Waals surface area (Å²) in [6, 6.07) is 0. The lowest BCUT2D eigenvalue weighted by Crippen LogP contribution is -2.28. The number of rotatable bonds is 6. The van der Waals surface area contributed by atoms with Crippen molar-refractivity contribution in [1.82, 2.24) is 0 Å². The Balaban J connectivity index is 4.17. The SMILES string of the molecule is C=CCCS(=O)(=O)CC(C)C(N)=O. The van der Waals surface area contributed by atoms with Crippen molar-refractivity contribution in [2.24, 2.45) is 11.7 Å². The Morgan fingerprint density at radius 3 is 2.54 bits per heavy atom. The van der Waals surface area contributed by atoms with Gasteiger partial charge in [0.25, 0.3) is 0 Å². The molecule has 0 aliphatic carbocycles. The molecule has 0 rings (SSSR count). The van der Waals surface area contributed by atoms with E-state index in [-0.39, 0.29) is 11.5 Å². The van der Waals surface area contributed by atoms with Crippen LogP contribution in [0.25, 0.3) is 0 Å². The quantitative estimate of drug-likeness (QED) is 0.625. The van der Waals surface area contributed by atoms with Crippen molar-refractivity contribution < 1.29 is 13.2 Å². The third-order valence-electron chi connectivity index (χ3n) is 1.62. The predicted octanol–water partition coefficient (Wildman–Crippen LogP) is 0.0987. The first kappa shape index (κ1) is 12.2. The zero-order chi connectivity index (χ0) is 10.5. The first-order valence-corrected chi connectivity index (χ1v) is 5.82. The van der Waals surface area contributed by atoms with Gasteiger partial charge in [-0.3, -0.25) is 4.79 Å². The average Bonchev–Trinajstić information content (AvgIpc) is 2.00. The highest BCUT2D eigenvalue weighted by atomic mass is 32.2. The van der Waals surface area contributed by atoms with Gasteiger partial charge in [0.05, 0.1) is 11.5 Å². The molecule has 0 aliphatic heterocycles. The minimum absolute atomic E-state index is 0.0358. The molecule has 0 bridgehead atoms. The minimum Gasteiger partial charge on any atom is -0.369 e. The maximum absolute atomic E-state index is 11.2. The van der Waals surface area contributed by atoms with E-state index in [2.05, 4.69) is 6.58 Å². The Kier molecular flexibility index (Phi) is 4.69. The molecule has 0 saturated heterocycles. The molecule has 0 heterocycles. The number of primary amides is 1. The van der Waals surface area contributed by atoms with Gasteiger partial charge in [-0.2, -0.15) is 0 Å². The molecule has 0 radical (unpaired) electrons. The van der Waals surface area contributed by atoms with Gasteiger partial charge < -0.3 is 5.73 Å². The number of carbonyl (C=O) groups is 1. The largest absolute Gasteiger partial charge is 0.369 e. The van der Waals surface area contributed by atoms with Crippen molar-refractivity contribution in [2.45, 2.75) is 13.3 Å². The van der Waals surface area contributed by atoms with Crippen LogP contribution in [0.5, 0.6) is 0 Å². The lowest BCUT2D eigenvalue weighted by molar-refractivity contribution is -0.120. The van der Waals surface area contributed by atoms with Gasteiger partial charge in [0, 0.05) is 5.92 Å². The van der Waals surface area contributed by atoms with Crippen LogP contribution in [-0.4, -0.2) is 25.8 Å². The topological polar surface area (TPSA) is 77.2 Å². The monoisotopic (exact) mass is 205 g/mol. The van der Waals surface area contributed by atoms with Crippen LogP contribution < -0.4 is 5.73 Å². The molecule has 0 fully saturated rings. The van der Waals surface area contributed by atoms with E-state index in [9.17, 15) is 13.2 Å². The van der Waals surface area contributed by atoms with Crippen molar-refractivity contribution in [1.29, 1.82) is 0 Å². The maximum Gasteiger partial charge on any atom is 0.221 e. The first-order chi connectivity index (χ1) is 5.89. The fraction of sp³-hybridized carbons (Fsp3) is 0.625. The second-order valence-electron chi connectivity index (χ2n) is 3.00. The zero-order valence-electron chi connectivity index (χ0n) is 7.69. The highest BCUT2D eigenvalue weighted by Crippen LogP contribution is 2.02. The van der Waals surface area contributed by atoms with Gasteiger partial charge in [0.2, 0.25) is 5.91 Å². The molecule has 1 atom stereocenters. The summed E-state index contributed by atoms with van der Waals surface area (Å²) in [7, 11) is -3.16. The van der Waals surface area contributed by atoms with Gasteiger partial charge in [-0.05, 0) is 6.42 Å². The van der Waals surface area contributed by atoms with Crippen molar-refractivity contribution in [2.75, 3.05) is 11.5 Å². The van der Waals surface area contributed by atoms with E-state index in [0.29, 0.717) is 6.42 Å². The molecule has 4 nitrogen and oxygen atoms in total. The number of hydrogen-bond donors (Lipinski definition) is 1. The second-order valence-corrected chi connectivity index (χ2v) is 5.22. The van der Waals surface area contributed by atoms with E-state index in [1.54, 1.807) is 0 Å². The second kappa shape index (κ2) is 5.01. The van der Waals surface area contributed by atoms with E-state index in [4.69, 9.17) is 5.73 Å². The maximum atomic E-state index is 11.2. The summed E-state index contributed by atoms with van der Waals surface area (Å²) in [5.74, 6) is -1.33. The molecule has 1 unspecified atom stereocenters. The van der Waals surface area contributed by atoms with Crippen LogP contribution in [0.15, 0.2) is 12.7 Å². The number of nitrogens with two attached hydrogens (primary N) is 1. The first-order valence-electron chi connectivity index (χ1n) is 3.99. The molecule has 0 aromatic heterocycles. The highest BCUT2D eigenvalue weighted by Gasteiger charge is 2.18. The Morgan fingerprint density at radius 2 is 2.15 bits per heavy atom. The van der Waals surface area contributed by atoms with E-state index >= 15 is 0 Å². The minimum atomic E-state index is -3.16. The summed E-state index contributed by atoms with van der Waals surface area (Å²) in [4.78, 5) is 10.6. The molecule has 0 aromatic rings. The van der Waals surface area contributed by atoms with E-state index < -0.39 is 21.7 Å². The van der Waals surface area contributed by atoms with Crippen LogP contribution in [0.2, 0.25) is 0 Å². The van der Waals surface area contributed by atoms with Gasteiger partial charge in [-0.1, -0.05) is 13.0 Å². The molecule has 2 N–H and O–H groups in total. The van der Waals surface area contributed by atoms with Crippen LogP contribution >= 0.6 is 0 Å². The molecule has 0 saturated carbocycles. The standard InChI is InChI=1S/C8H15NO3S/c1-3-4-5-13(11,12)6-7(2)8(9)10/h3,7H,1,4-6H2,2H3,(H2,9,10). The fourth-order valence-corrected chi connectivity index (χ4v) is 2.43. The summed E-state index contributed by atoms with van der Waals surface area (Å²) in [6.45, 7) is 4.93. The zero-order valence-corrected chi connectivity index (χ0v) is 8.51. The summed E-state index contributed by atoms with van der Waals surface area (Å²) in [5, 5.41) is 0. The lowest BCUT2D eigenvalue weighted by atomic mass is 10.2. The van der Waals surface area contributed by atoms with Crippen LogP contribution in [0.4, 0.5) is 0 Å². The molecule has 0 aliphatic rings. The number of carbonyl (C=O) groups excluding carboxylic acids is 1. The molecule has 0 aromatic carbocycles. The van der Waals surface area contributed by atoms with E-state index in [1.165, 1.54) is 13.0 Å². The Morgan fingerprint density at radius 1 is 1.62 bits per heavy atom. The Bertz CT molecular complexity index is 282. The number of allylic oxidation sites excluding steroid dienone is 1. The van der Waals surface area contributed by atoms with Crippen molar-refractivity contribution in [3.8, 4) is 0 Å². The van der Waals surface area contributed by atoms with Crippen molar-refractivity contribution in [3.05, 3.63) is 12.7 Å². The molecule has 0 spiro atoms. The van der Waals surface area contributed by atoms with Crippen LogP contribution in [0, 0.1) is 5.92 Å². The summed E-state index contributed by atoms with van der Waals surface area (Å²) in [5.41, 5.74) is 4.95. The fourth-order valence-electron chi connectivity index (χ4n) is 0.809. The van der Waals surface area contributed by atoms with Gasteiger partial charge in [-0.25, -0.2) is 8.42 Å². The van der Waals surface area contributed by atoms with Gasteiger partial charge >= 0.3 is 0 Å². The normalized spacial score (nSPS) is 13.6. The molecular formula is C8H15NO3S. The van der Waals surface area contributed by atoms with Gasteiger partial charge in [0.15, 0.2) is 9.84 Å². The smallest absolute Gasteiger partial charge is 0.221 e. The predicted molar refractivity (Wildman–Crippen MR) is 51.8 cm³/mol. The molecule has 76 valence electrons. The van der Waals surface area contributed by atoms with Gasteiger partial charge in [0.1, 0.15) is 0 Å². The molecule has 5 heteroatoms. The summed E-state index contributed by atoms with van der Waals surface area (Å²) >= 11 is 0. The summed E-state index contributed by atoms with van der Waals surface area (Å²) in [6.07, 6.45) is 1.94. The van der Waals surface area contributed by atoms with Crippen LogP contribution in [0.1, 0.15) is 13.3 Å². The van der Waals surface area contributed by atoms with Crippen molar-refractivity contribution >= 4 is 15.7 Å². The molecule has 13 heavy (non-hydrogen) atoms. The van der Waals surface area contributed by atoms with Gasteiger partial charge in [-0.15, -0.1) is 6.58 Å². The Hall–Kier alpha value is -0.840. The lowest BCUT2D eigenvalue weighted by Gasteiger charge is -2.06. The number of sulfone groups is 1. The third kappa shape index (κ3) is 5.41. The van der Waals surface area contributed by atoms with Crippen molar-refractivity contribution in [3.63, 3.8) is 0 Å².